The molecule has 29 heavy (non-hydrogen) atoms. The second kappa shape index (κ2) is 7.27. The molecule has 1 aliphatic rings. The van der Waals surface area contributed by atoms with Crippen molar-refractivity contribution in [1.29, 1.82) is 0 Å². The lowest BCUT2D eigenvalue weighted by molar-refractivity contribution is -0.0192. The van der Waals surface area contributed by atoms with Crippen LogP contribution in [-0.4, -0.2) is 32.5 Å². The molecule has 0 amide bonds. The quantitative estimate of drug-likeness (QED) is 0.397. The number of fused-ring (bicyclic) bond motifs is 1. The monoisotopic (exact) mass is 394 g/mol. The van der Waals surface area contributed by atoms with Crippen LogP contribution in [0.2, 0.25) is 0 Å². The van der Waals surface area contributed by atoms with Gasteiger partial charge in [-0.25, -0.2) is 4.79 Å². The predicted molar refractivity (Wildman–Crippen MR) is 102 cm³/mol. The van der Waals surface area contributed by atoms with Crippen molar-refractivity contribution >= 4 is 5.97 Å². The van der Waals surface area contributed by atoms with Crippen LogP contribution in [0.1, 0.15) is 27.6 Å². The Labute approximate surface area is 166 Å². The van der Waals surface area contributed by atoms with Gasteiger partial charge in [0.2, 0.25) is 5.75 Å². The largest absolute Gasteiger partial charge is 0.504 e. The van der Waals surface area contributed by atoms with Gasteiger partial charge in [0.15, 0.2) is 29.1 Å². The van der Waals surface area contributed by atoms with Crippen molar-refractivity contribution in [3.63, 3.8) is 0 Å². The molecule has 0 aliphatic carbocycles. The van der Waals surface area contributed by atoms with Gasteiger partial charge in [0.25, 0.3) is 0 Å². The standard InChI is InChI=1S/C22H18O7/c23-15-8-6-13(10-17(15)25)20-18(28-22(27)12-4-2-1-3-5-12)11-14-7-9-16(24)19(26)21(14)29-20/h1-10,18,20,23-26H,11H2/t18-,20+/m1/s1. The van der Waals surface area contributed by atoms with Crippen LogP contribution < -0.4 is 4.74 Å². The highest BCUT2D eigenvalue weighted by molar-refractivity contribution is 5.89. The zero-order chi connectivity index (χ0) is 20.5. The van der Waals surface area contributed by atoms with Crippen LogP contribution in [0.4, 0.5) is 0 Å². The Morgan fingerprint density at radius 1 is 0.897 bits per heavy atom. The van der Waals surface area contributed by atoms with Crippen LogP contribution in [0, 0.1) is 0 Å². The molecule has 1 heterocycles. The number of phenolic OH excluding ortho intramolecular Hbond substituents is 4. The molecule has 2 atom stereocenters. The number of hydrogen-bond donors (Lipinski definition) is 4. The molecule has 0 spiro atoms. The maximum atomic E-state index is 12.6. The predicted octanol–water partition coefficient (Wildman–Crippen LogP) is 3.41. The highest BCUT2D eigenvalue weighted by Crippen LogP contribution is 2.46. The van der Waals surface area contributed by atoms with Gasteiger partial charge < -0.3 is 29.9 Å². The van der Waals surface area contributed by atoms with Crippen LogP contribution in [0.3, 0.4) is 0 Å². The third kappa shape index (κ3) is 3.50. The Balaban J connectivity index is 1.72. The number of rotatable bonds is 3. The smallest absolute Gasteiger partial charge is 0.338 e. The van der Waals surface area contributed by atoms with Crippen molar-refractivity contribution in [2.24, 2.45) is 0 Å². The number of carbonyl (C=O) groups is 1. The summed E-state index contributed by atoms with van der Waals surface area (Å²) in [7, 11) is 0. The average molecular weight is 394 g/mol. The average Bonchev–Trinajstić information content (AvgIpc) is 2.73. The van der Waals surface area contributed by atoms with Gasteiger partial charge >= 0.3 is 5.97 Å². The molecule has 0 fully saturated rings. The van der Waals surface area contributed by atoms with Crippen LogP contribution in [0.25, 0.3) is 0 Å². The first-order chi connectivity index (χ1) is 13.9. The Kier molecular flexibility index (Phi) is 4.64. The normalized spacial score (nSPS) is 17.8. The van der Waals surface area contributed by atoms with Gasteiger partial charge in [-0.05, 0) is 30.3 Å². The van der Waals surface area contributed by atoms with Crippen molar-refractivity contribution < 1.29 is 34.7 Å². The summed E-state index contributed by atoms with van der Waals surface area (Å²) in [5, 5.41) is 39.4. The lowest BCUT2D eigenvalue weighted by atomic mass is 9.93. The summed E-state index contributed by atoms with van der Waals surface area (Å²) >= 11 is 0. The number of phenols is 4. The van der Waals surface area contributed by atoms with E-state index in [0.717, 1.165) is 0 Å². The maximum absolute atomic E-state index is 12.6. The molecule has 148 valence electrons. The number of hydrogen-bond acceptors (Lipinski definition) is 7. The minimum absolute atomic E-state index is 0.0783. The van der Waals surface area contributed by atoms with E-state index < -0.39 is 23.9 Å². The Morgan fingerprint density at radius 3 is 2.34 bits per heavy atom. The van der Waals surface area contributed by atoms with Gasteiger partial charge in [-0.15, -0.1) is 0 Å². The summed E-state index contributed by atoms with van der Waals surface area (Å²) in [6, 6.07) is 15.5. The molecule has 0 saturated carbocycles. The molecule has 7 heteroatoms. The van der Waals surface area contributed by atoms with E-state index in [1.165, 1.54) is 24.3 Å². The first kappa shape index (κ1) is 18.5. The zero-order valence-corrected chi connectivity index (χ0v) is 15.1. The summed E-state index contributed by atoms with van der Waals surface area (Å²) in [6.07, 6.45) is -1.44. The molecular formula is C22H18O7. The second-order valence-corrected chi connectivity index (χ2v) is 6.72. The molecule has 0 radical (unpaired) electrons. The summed E-state index contributed by atoms with van der Waals surface area (Å²) < 4.78 is 11.6. The highest BCUT2D eigenvalue weighted by atomic mass is 16.6. The lowest BCUT2D eigenvalue weighted by Crippen LogP contribution is -2.34. The Hall–Kier alpha value is -3.87. The van der Waals surface area contributed by atoms with Crippen molar-refractivity contribution in [2.45, 2.75) is 18.6 Å². The molecule has 0 aromatic heterocycles. The van der Waals surface area contributed by atoms with E-state index >= 15 is 0 Å². The molecule has 0 bridgehead atoms. The first-order valence-corrected chi connectivity index (χ1v) is 8.92. The van der Waals surface area contributed by atoms with Gasteiger partial charge in [-0.2, -0.15) is 0 Å². The fraction of sp³-hybridized carbons (Fsp3) is 0.136. The fourth-order valence-corrected chi connectivity index (χ4v) is 3.30. The number of benzene rings is 3. The topological polar surface area (TPSA) is 116 Å². The van der Waals surface area contributed by atoms with E-state index in [1.807, 2.05) is 0 Å². The van der Waals surface area contributed by atoms with Gasteiger partial charge in [-0.1, -0.05) is 30.3 Å². The fourth-order valence-electron chi connectivity index (χ4n) is 3.30. The van der Waals surface area contributed by atoms with Crippen LogP contribution in [0.15, 0.2) is 60.7 Å². The van der Waals surface area contributed by atoms with Crippen LogP contribution in [-0.2, 0) is 11.2 Å². The molecule has 0 unspecified atom stereocenters. The number of ether oxygens (including phenoxy) is 2. The van der Waals surface area contributed by atoms with Gasteiger partial charge in [0.1, 0.15) is 6.10 Å². The zero-order valence-electron chi connectivity index (χ0n) is 15.1. The van der Waals surface area contributed by atoms with Crippen LogP contribution in [0.5, 0.6) is 28.7 Å². The Bertz CT molecular complexity index is 1060. The second-order valence-electron chi connectivity index (χ2n) is 6.72. The lowest BCUT2D eigenvalue weighted by Gasteiger charge is -2.34. The van der Waals surface area contributed by atoms with E-state index in [-0.39, 0.29) is 29.4 Å². The number of aromatic hydroxyl groups is 4. The van der Waals surface area contributed by atoms with E-state index in [1.54, 1.807) is 36.4 Å². The van der Waals surface area contributed by atoms with E-state index in [4.69, 9.17) is 9.47 Å². The van der Waals surface area contributed by atoms with Gasteiger partial charge in [-0.3, -0.25) is 0 Å². The minimum atomic E-state index is -0.880. The van der Waals surface area contributed by atoms with Crippen LogP contribution >= 0.6 is 0 Å². The number of carbonyl (C=O) groups excluding carboxylic acids is 1. The van der Waals surface area contributed by atoms with E-state index in [9.17, 15) is 25.2 Å². The van der Waals surface area contributed by atoms with Crippen molar-refractivity contribution in [2.75, 3.05) is 0 Å². The summed E-state index contributed by atoms with van der Waals surface area (Å²) in [5.74, 6) is -1.87. The van der Waals surface area contributed by atoms with Crippen molar-refractivity contribution in [3.8, 4) is 28.7 Å². The number of esters is 1. The molecule has 1 aliphatic heterocycles. The molecule has 3 aromatic rings. The molecular weight excluding hydrogens is 376 g/mol. The van der Waals surface area contributed by atoms with Crippen molar-refractivity contribution in [3.05, 3.63) is 77.4 Å². The Morgan fingerprint density at radius 2 is 1.62 bits per heavy atom. The summed E-state index contributed by atoms with van der Waals surface area (Å²) in [5.41, 5.74) is 1.36. The molecule has 7 nitrogen and oxygen atoms in total. The summed E-state index contributed by atoms with van der Waals surface area (Å²) in [6.45, 7) is 0. The summed E-state index contributed by atoms with van der Waals surface area (Å²) in [4.78, 5) is 12.6. The van der Waals surface area contributed by atoms with Gasteiger partial charge in [0.05, 0.1) is 5.56 Å². The SMILES string of the molecule is O=C(O[C@@H]1Cc2ccc(O)c(O)c2O[C@H]1c1ccc(O)c(O)c1)c1ccccc1. The third-order valence-corrected chi connectivity index (χ3v) is 4.79. The van der Waals surface area contributed by atoms with Gasteiger partial charge in [0, 0.05) is 17.5 Å². The third-order valence-electron chi connectivity index (χ3n) is 4.79. The van der Waals surface area contributed by atoms with E-state index in [2.05, 4.69) is 0 Å². The highest BCUT2D eigenvalue weighted by Gasteiger charge is 2.36. The first-order valence-electron chi connectivity index (χ1n) is 8.92. The van der Waals surface area contributed by atoms with E-state index in [0.29, 0.717) is 16.7 Å². The molecule has 4 N–H and O–H groups in total. The maximum Gasteiger partial charge on any atom is 0.338 e. The molecule has 3 aromatic carbocycles. The molecule has 0 saturated heterocycles. The van der Waals surface area contributed by atoms with Crippen molar-refractivity contribution in [1.82, 2.24) is 0 Å². The minimum Gasteiger partial charge on any atom is -0.504 e. The molecule has 4 rings (SSSR count).